The van der Waals surface area contributed by atoms with E-state index < -0.39 is 5.82 Å². The van der Waals surface area contributed by atoms with Crippen molar-refractivity contribution in [3.8, 4) is 11.6 Å². The lowest BCUT2D eigenvalue weighted by molar-refractivity contribution is 0.440. The first kappa shape index (κ1) is 11.0. The molecule has 3 rings (SSSR count). The molecule has 0 saturated carbocycles. The monoisotopic (exact) mass is 309 g/mol. The predicted molar refractivity (Wildman–Crippen MR) is 62.8 cm³/mol. The predicted octanol–water partition coefficient (Wildman–Crippen LogP) is 2.21. The van der Waals surface area contributed by atoms with Crippen molar-refractivity contribution in [1.29, 1.82) is 0 Å². The van der Waals surface area contributed by atoms with Gasteiger partial charge in [-0.2, -0.15) is 0 Å². The van der Waals surface area contributed by atoms with Crippen LogP contribution in [0.25, 0.3) is 5.65 Å². The topological polar surface area (TPSA) is 65.2 Å². The van der Waals surface area contributed by atoms with Crippen LogP contribution in [0, 0.1) is 5.82 Å². The Morgan fingerprint density at radius 1 is 1.22 bits per heavy atom. The standard InChI is InChI=1S/C10H5BrFN5O/c11-7-2-1-6(12)5-8(7)18-10-4-3-9-13-15-16-17(9)14-10/h1-5H. The van der Waals surface area contributed by atoms with Crippen LogP contribution in [0.4, 0.5) is 4.39 Å². The number of fused-ring (bicyclic) bond motifs is 1. The zero-order valence-electron chi connectivity index (χ0n) is 8.79. The van der Waals surface area contributed by atoms with Crippen molar-refractivity contribution in [3.05, 3.63) is 40.6 Å². The minimum atomic E-state index is -0.392. The van der Waals surface area contributed by atoms with E-state index in [1.165, 1.54) is 16.8 Å². The molecule has 0 aliphatic carbocycles. The number of tetrazole rings is 1. The Bertz CT molecular complexity index is 716. The largest absolute Gasteiger partial charge is 0.436 e. The maximum Gasteiger partial charge on any atom is 0.239 e. The van der Waals surface area contributed by atoms with Gasteiger partial charge in [0.05, 0.1) is 4.47 Å². The fourth-order valence-electron chi connectivity index (χ4n) is 1.36. The number of halogens is 2. The lowest BCUT2D eigenvalue weighted by atomic mass is 10.3. The van der Waals surface area contributed by atoms with E-state index >= 15 is 0 Å². The summed E-state index contributed by atoms with van der Waals surface area (Å²) >= 11 is 3.26. The smallest absolute Gasteiger partial charge is 0.239 e. The molecule has 0 atom stereocenters. The third kappa shape index (κ3) is 2.02. The summed E-state index contributed by atoms with van der Waals surface area (Å²) in [7, 11) is 0. The highest BCUT2D eigenvalue weighted by Gasteiger charge is 2.07. The first-order valence-electron chi connectivity index (χ1n) is 4.91. The summed E-state index contributed by atoms with van der Waals surface area (Å²) in [4.78, 5) is 0. The van der Waals surface area contributed by atoms with Crippen LogP contribution < -0.4 is 4.74 Å². The Kier molecular flexibility index (Phi) is 2.63. The molecule has 0 N–H and O–H groups in total. The maximum atomic E-state index is 13.1. The van der Waals surface area contributed by atoms with Gasteiger partial charge in [-0.25, -0.2) is 4.39 Å². The van der Waals surface area contributed by atoms with Crippen LogP contribution in [-0.4, -0.2) is 25.3 Å². The molecule has 3 aromatic rings. The lowest BCUT2D eigenvalue weighted by Gasteiger charge is -2.06. The van der Waals surface area contributed by atoms with Crippen LogP contribution in [0.15, 0.2) is 34.8 Å². The average molecular weight is 310 g/mol. The van der Waals surface area contributed by atoms with E-state index in [-0.39, 0.29) is 5.88 Å². The molecule has 0 saturated heterocycles. The van der Waals surface area contributed by atoms with Crippen LogP contribution in [-0.2, 0) is 0 Å². The Morgan fingerprint density at radius 3 is 3.00 bits per heavy atom. The van der Waals surface area contributed by atoms with E-state index in [4.69, 9.17) is 4.74 Å². The fourth-order valence-corrected chi connectivity index (χ4v) is 1.68. The van der Waals surface area contributed by atoms with Crippen molar-refractivity contribution < 1.29 is 9.13 Å². The number of ether oxygens (including phenoxy) is 1. The molecule has 1 aromatic carbocycles. The van der Waals surface area contributed by atoms with Crippen LogP contribution in [0.1, 0.15) is 0 Å². The molecule has 18 heavy (non-hydrogen) atoms. The molecule has 0 amide bonds. The first-order valence-corrected chi connectivity index (χ1v) is 5.70. The van der Waals surface area contributed by atoms with Crippen molar-refractivity contribution in [2.75, 3.05) is 0 Å². The highest BCUT2D eigenvalue weighted by Crippen LogP contribution is 2.29. The van der Waals surface area contributed by atoms with Gasteiger partial charge in [-0.05, 0) is 44.6 Å². The minimum absolute atomic E-state index is 0.265. The van der Waals surface area contributed by atoms with E-state index in [0.29, 0.717) is 15.9 Å². The molecular weight excluding hydrogens is 305 g/mol. The summed E-state index contributed by atoms with van der Waals surface area (Å²) in [6.45, 7) is 0. The third-order valence-electron chi connectivity index (χ3n) is 2.15. The van der Waals surface area contributed by atoms with Crippen LogP contribution >= 0.6 is 15.9 Å². The molecule has 0 unspecified atom stereocenters. The number of benzene rings is 1. The quantitative estimate of drug-likeness (QED) is 0.726. The Balaban J connectivity index is 1.97. The number of hydrogen-bond donors (Lipinski definition) is 0. The average Bonchev–Trinajstić information content (AvgIpc) is 2.81. The fraction of sp³-hybridized carbons (Fsp3) is 0. The number of rotatable bonds is 2. The van der Waals surface area contributed by atoms with Gasteiger partial charge in [-0.1, -0.05) is 0 Å². The normalized spacial score (nSPS) is 10.8. The summed E-state index contributed by atoms with van der Waals surface area (Å²) in [6, 6.07) is 7.39. The van der Waals surface area contributed by atoms with Crippen molar-refractivity contribution >= 4 is 21.6 Å². The second-order valence-electron chi connectivity index (χ2n) is 3.37. The molecule has 0 radical (unpaired) electrons. The first-order chi connectivity index (χ1) is 8.72. The van der Waals surface area contributed by atoms with Crippen molar-refractivity contribution in [1.82, 2.24) is 25.3 Å². The molecule has 0 aliphatic rings. The molecule has 0 spiro atoms. The van der Waals surface area contributed by atoms with Gasteiger partial charge in [0, 0.05) is 12.1 Å². The highest BCUT2D eigenvalue weighted by molar-refractivity contribution is 9.10. The van der Waals surface area contributed by atoms with Crippen molar-refractivity contribution in [2.45, 2.75) is 0 Å². The van der Waals surface area contributed by atoms with E-state index in [1.807, 2.05) is 0 Å². The van der Waals surface area contributed by atoms with Gasteiger partial charge >= 0.3 is 0 Å². The Labute approximate surface area is 109 Å². The number of aromatic nitrogens is 5. The second kappa shape index (κ2) is 4.30. The summed E-state index contributed by atoms with van der Waals surface area (Å²) in [5, 5.41) is 14.8. The maximum absolute atomic E-state index is 13.1. The van der Waals surface area contributed by atoms with E-state index in [0.717, 1.165) is 0 Å². The molecular formula is C10H5BrFN5O. The van der Waals surface area contributed by atoms with Crippen LogP contribution in [0.3, 0.4) is 0 Å². The number of nitrogens with zero attached hydrogens (tertiary/aromatic N) is 5. The second-order valence-corrected chi connectivity index (χ2v) is 4.23. The minimum Gasteiger partial charge on any atom is -0.436 e. The summed E-state index contributed by atoms with van der Waals surface area (Å²) in [5.41, 5.74) is 0.501. The van der Waals surface area contributed by atoms with E-state index in [2.05, 4.69) is 36.6 Å². The SMILES string of the molecule is Fc1ccc(Br)c(Oc2ccc3nnnn3n2)c1. The Morgan fingerprint density at radius 2 is 2.11 bits per heavy atom. The highest BCUT2D eigenvalue weighted by atomic mass is 79.9. The van der Waals surface area contributed by atoms with E-state index in [1.54, 1.807) is 18.2 Å². The zero-order chi connectivity index (χ0) is 12.5. The molecule has 0 fully saturated rings. The molecule has 8 heteroatoms. The van der Waals surface area contributed by atoms with Crippen molar-refractivity contribution in [2.24, 2.45) is 0 Å². The van der Waals surface area contributed by atoms with Crippen LogP contribution in [0.2, 0.25) is 0 Å². The van der Waals surface area contributed by atoms with Gasteiger partial charge in [0.1, 0.15) is 11.6 Å². The van der Waals surface area contributed by atoms with Gasteiger partial charge < -0.3 is 4.74 Å². The van der Waals surface area contributed by atoms with Gasteiger partial charge in [0.25, 0.3) is 0 Å². The van der Waals surface area contributed by atoms with Gasteiger partial charge in [0.15, 0.2) is 5.65 Å². The van der Waals surface area contributed by atoms with Gasteiger partial charge in [-0.3, -0.25) is 0 Å². The summed E-state index contributed by atoms with van der Waals surface area (Å²) in [6.07, 6.45) is 0. The Hall–Kier alpha value is -2.09. The molecule has 90 valence electrons. The molecule has 0 bridgehead atoms. The van der Waals surface area contributed by atoms with Crippen LogP contribution in [0.5, 0.6) is 11.6 Å². The molecule has 2 aromatic heterocycles. The third-order valence-corrected chi connectivity index (χ3v) is 2.81. The lowest BCUT2D eigenvalue weighted by Crippen LogP contribution is -1.97. The molecule has 2 heterocycles. The number of hydrogen-bond acceptors (Lipinski definition) is 5. The molecule has 6 nitrogen and oxygen atoms in total. The van der Waals surface area contributed by atoms with Crippen molar-refractivity contribution in [3.63, 3.8) is 0 Å². The zero-order valence-corrected chi connectivity index (χ0v) is 10.4. The summed E-state index contributed by atoms with van der Waals surface area (Å²) in [5.74, 6) is 0.202. The van der Waals surface area contributed by atoms with E-state index in [9.17, 15) is 4.39 Å². The summed E-state index contributed by atoms with van der Waals surface area (Å²) < 4.78 is 20.4. The molecule has 0 aliphatic heterocycles. The van der Waals surface area contributed by atoms with Gasteiger partial charge in [0.2, 0.25) is 5.88 Å². The van der Waals surface area contributed by atoms with Gasteiger partial charge in [-0.15, -0.1) is 14.8 Å².